The molecular weight excluding hydrogens is 184 g/mol. The van der Waals surface area contributed by atoms with Crippen molar-refractivity contribution in [2.75, 3.05) is 0 Å². The van der Waals surface area contributed by atoms with Crippen molar-refractivity contribution in [3.8, 4) is 0 Å². The molecule has 2 rings (SSSR count). The van der Waals surface area contributed by atoms with E-state index in [2.05, 4.69) is 0 Å². The van der Waals surface area contributed by atoms with Crippen LogP contribution in [0.25, 0.3) is 0 Å². The van der Waals surface area contributed by atoms with Crippen LogP contribution in [0.5, 0.6) is 0 Å². The SMILES string of the molecule is Clc1cccc([C@H]2C=CC=CO2)c1. The minimum atomic E-state index is 0.00343. The van der Waals surface area contributed by atoms with E-state index in [9.17, 15) is 0 Å². The lowest BCUT2D eigenvalue weighted by molar-refractivity contribution is 0.186. The molecule has 2 heteroatoms. The molecule has 13 heavy (non-hydrogen) atoms. The van der Waals surface area contributed by atoms with Gasteiger partial charge in [0, 0.05) is 5.02 Å². The summed E-state index contributed by atoms with van der Waals surface area (Å²) in [7, 11) is 0. The van der Waals surface area contributed by atoms with Gasteiger partial charge in [-0.3, -0.25) is 0 Å². The molecule has 0 unspecified atom stereocenters. The Morgan fingerprint density at radius 1 is 1.23 bits per heavy atom. The molecule has 1 aliphatic heterocycles. The highest BCUT2D eigenvalue weighted by molar-refractivity contribution is 6.30. The Bertz CT molecular complexity index is 355. The van der Waals surface area contributed by atoms with Gasteiger partial charge in [0.15, 0.2) is 0 Å². The number of benzene rings is 1. The first kappa shape index (κ1) is 8.39. The molecule has 1 heterocycles. The fourth-order valence-corrected chi connectivity index (χ4v) is 1.46. The molecule has 0 aliphatic carbocycles. The zero-order valence-electron chi connectivity index (χ0n) is 6.98. The minimum Gasteiger partial charge on any atom is -0.489 e. The van der Waals surface area contributed by atoms with Gasteiger partial charge < -0.3 is 4.74 Å². The Labute approximate surface area is 82.3 Å². The molecule has 0 spiro atoms. The van der Waals surface area contributed by atoms with Gasteiger partial charge in [-0.25, -0.2) is 0 Å². The van der Waals surface area contributed by atoms with Crippen LogP contribution in [0.15, 0.2) is 48.8 Å². The van der Waals surface area contributed by atoms with Crippen molar-refractivity contribution in [2.24, 2.45) is 0 Å². The minimum absolute atomic E-state index is 0.00343. The van der Waals surface area contributed by atoms with E-state index in [4.69, 9.17) is 16.3 Å². The third kappa shape index (κ3) is 1.93. The van der Waals surface area contributed by atoms with Gasteiger partial charge in [-0.1, -0.05) is 29.8 Å². The van der Waals surface area contributed by atoms with E-state index >= 15 is 0 Å². The van der Waals surface area contributed by atoms with E-state index in [-0.39, 0.29) is 6.10 Å². The summed E-state index contributed by atoms with van der Waals surface area (Å²) >= 11 is 5.87. The van der Waals surface area contributed by atoms with Crippen LogP contribution in [-0.2, 0) is 4.74 Å². The average molecular weight is 193 g/mol. The van der Waals surface area contributed by atoms with E-state index in [0.717, 1.165) is 10.6 Å². The second-order valence-corrected chi connectivity index (χ2v) is 3.26. The van der Waals surface area contributed by atoms with Crippen LogP contribution in [0.4, 0.5) is 0 Å². The van der Waals surface area contributed by atoms with Gasteiger partial charge in [0.1, 0.15) is 6.10 Å². The number of hydrogen-bond acceptors (Lipinski definition) is 1. The van der Waals surface area contributed by atoms with E-state index in [1.165, 1.54) is 0 Å². The highest BCUT2D eigenvalue weighted by Gasteiger charge is 2.08. The molecular formula is C11H9ClO. The molecule has 0 aromatic heterocycles. The van der Waals surface area contributed by atoms with E-state index < -0.39 is 0 Å². The Kier molecular flexibility index (Phi) is 2.37. The first-order valence-electron chi connectivity index (χ1n) is 4.10. The fraction of sp³-hybridized carbons (Fsp3) is 0.0909. The highest BCUT2D eigenvalue weighted by Crippen LogP contribution is 2.23. The van der Waals surface area contributed by atoms with Gasteiger partial charge in [-0.05, 0) is 29.8 Å². The second kappa shape index (κ2) is 3.67. The van der Waals surface area contributed by atoms with Crippen LogP contribution < -0.4 is 0 Å². The Hall–Kier alpha value is -1.21. The van der Waals surface area contributed by atoms with Crippen molar-refractivity contribution in [2.45, 2.75) is 6.10 Å². The summed E-state index contributed by atoms with van der Waals surface area (Å²) in [6.45, 7) is 0. The predicted molar refractivity (Wildman–Crippen MR) is 53.6 cm³/mol. The maximum Gasteiger partial charge on any atom is 0.141 e. The standard InChI is InChI=1S/C11H9ClO/c12-10-5-3-4-9(8-10)11-6-1-2-7-13-11/h1-8,11H/t11-/m1/s1. The van der Waals surface area contributed by atoms with Crippen LogP contribution >= 0.6 is 11.6 Å². The van der Waals surface area contributed by atoms with Gasteiger partial charge in [0.2, 0.25) is 0 Å². The summed E-state index contributed by atoms with van der Waals surface area (Å²) in [6, 6.07) is 7.69. The molecule has 0 amide bonds. The first-order chi connectivity index (χ1) is 6.36. The van der Waals surface area contributed by atoms with Crippen molar-refractivity contribution < 1.29 is 4.74 Å². The number of allylic oxidation sites excluding steroid dienone is 2. The number of halogens is 1. The molecule has 66 valence electrons. The molecule has 1 aromatic rings. The summed E-state index contributed by atoms with van der Waals surface area (Å²) in [6.07, 6.45) is 7.51. The van der Waals surface area contributed by atoms with Crippen LogP contribution in [0.3, 0.4) is 0 Å². The van der Waals surface area contributed by atoms with Gasteiger partial charge in [-0.2, -0.15) is 0 Å². The molecule has 0 radical (unpaired) electrons. The Balaban J connectivity index is 2.25. The van der Waals surface area contributed by atoms with Crippen LogP contribution in [0.1, 0.15) is 11.7 Å². The topological polar surface area (TPSA) is 9.23 Å². The van der Waals surface area contributed by atoms with Crippen molar-refractivity contribution >= 4 is 11.6 Å². The molecule has 1 aliphatic rings. The van der Waals surface area contributed by atoms with E-state index in [1.54, 1.807) is 6.26 Å². The molecule has 0 saturated heterocycles. The molecule has 1 nitrogen and oxygen atoms in total. The van der Waals surface area contributed by atoms with Gasteiger partial charge in [0.05, 0.1) is 6.26 Å². The van der Waals surface area contributed by atoms with Gasteiger partial charge in [-0.15, -0.1) is 0 Å². The molecule has 0 bridgehead atoms. The van der Waals surface area contributed by atoms with E-state index in [1.807, 2.05) is 42.5 Å². The van der Waals surface area contributed by atoms with Crippen LogP contribution in [-0.4, -0.2) is 0 Å². The zero-order valence-corrected chi connectivity index (χ0v) is 7.74. The van der Waals surface area contributed by atoms with Crippen molar-refractivity contribution in [1.82, 2.24) is 0 Å². The first-order valence-corrected chi connectivity index (χ1v) is 4.48. The number of rotatable bonds is 1. The lowest BCUT2D eigenvalue weighted by Gasteiger charge is -2.15. The van der Waals surface area contributed by atoms with Gasteiger partial charge >= 0.3 is 0 Å². The van der Waals surface area contributed by atoms with Crippen LogP contribution in [0.2, 0.25) is 5.02 Å². The Morgan fingerprint density at radius 3 is 2.85 bits per heavy atom. The Morgan fingerprint density at radius 2 is 2.15 bits per heavy atom. The zero-order chi connectivity index (χ0) is 9.10. The molecule has 1 atom stereocenters. The van der Waals surface area contributed by atoms with Crippen LogP contribution in [0, 0.1) is 0 Å². The largest absolute Gasteiger partial charge is 0.489 e. The van der Waals surface area contributed by atoms with Crippen molar-refractivity contribution in [1.29, 1.82) is 0 Å². The molecule has 1 aromatic carbocycles. The third-order valence-electron chi connectivity index (χ3n) is 1.88. The molecule has 0 N–H and O–H groups in total. The summed E-state index contributed by atoms with van der Waals surface area (Å²) in [5.41, 5.74) is 1.08. The fourth-order valence-electron chi connectivity index (χ4n) is 1.26. The lowest BCUT2D eigenvalue weighted by atomic mass is 10.1. The summed E-state index contributed by atoms with van der Waals surface area (Å²) < 4.78 is 5.39. The van der Waals surface area contributed by atoms with Gasteiger partial charge in [0.25, 0.3) is 0 Å². The molecule has 0 fully saturated rings. The lowest BCUT2D eigenvalue weighted by Crippen LogP contribution is -1.98. The smallest absolute Gasteiger partial charge is 0.141 e. The molecule has 0 saturated carbocycles. The monoisotopic (exact) mass is 192 g/mol. The van der Waals surface area contributed by atoms with E-state index in [0.29, 0.717) is 0 Å². The maximum absolute atomic E-state index is 5.87. The number of ether oxygens (including phenoxy) is 1. The second-order valence-electron chi connectivity index (χ2n) is 2.83. The van der Waals surface area contributed by atoms with Crippen molar-refractivity contribution in [3.05, 3.63) is 59.3 Å². The normalized spacial score (nSPS) is 19.9. The maximum atomic E-state index is 5.87. The summed E-state index contributed by atoms with van der Waals surface area (Å²) in [4.78, 5) is 0. The summed E-state index contributed by atoms with van der Waals surface area (Å²) in [5, 5.41) is 0.740. The predicted octanol–water partition coefficient (Wildman–Crippen LogP) is 3.48. The quantitative estimate of drug-likeness (QED) is 0.662. The third-order valence-corrected chi connectivity index (χ3v) is 2.11. The average Bonchev–Trinajstić information content (AvgIpc) is 2.19. The van der Waals surface area contributed by atoms with Crippen molar-refractivity contribution in [3.63, 3.8) is 0 Å². The number of hydrogen-bond donors (Lipinski definition) is 0. The summed E-state index contributed by atoms with van der Waals surface area (Å²) in [5.74, 6) is 0. The highest BCUT2D eigenvalue weighted by atomic mass is 35.5.